The number of hydrogen-bond donors (Lipinski definition) is 1. The Hall–Kier alpha value is -0.870. The summed E-state index contributed by atoms with van der Waals surface area (Å²) in [6.45, 7) is 3.76. The van der Waals surface area contributed by atoms with E-state index in [9.17, 15) is 0 Å². The first kappa shape index (κ1) is 11.6. The highest BCUT2D eigenvalue weighted by atomic mass is 16.5. The molecule has 0 radical (unpaired) electrons. The molecule has 4 nitrogen and oxygen atoms in total. The van der Waals surface area contributed by atoms with Crippen LogP contribution in [0.5, 0.6) is 0 Å². The fourth-order valence-electron chi connectivity index (χ4n) is 1.95. The Morgan fingerprint density at radius 2 is 2.50 bits per heavy atom. The van der Waals surface area contributed by atoms with E-state index < -0.39 is 0 Å². The Kier molecular flexibility index (Phi) is 3.96. The zero-order valence-corrected chi connectivity index (χ0v) is 10.0. The molecule has 0 aromatic carbocycles. The quantitative estimate of drug-likeness (QED) is 0.846. The number of nitrogens with one attached hydrogen (secondary N) is 1. The van der Waals surface area contributed by atoms with Gasteiger partial charge in [0.25, 0.3) is 0 Å². The predicted octanol–water partition coefficient (Wildman–Crippen LogP) is 1.72. The summed E-state index contributed by atoms with van der Waals surface area (Å²) in [6.07, 6.45) is 4.96. The molecule has 0 bridgehead atoms. The molecular weight excluding hydrogens is 204 g/mol. The number of ether oxygens (including phenoxy) is 1. The second-order valence-corrected chi connectivity index (χ2v) is 4.47. The van der Waals surface area contributed by atoms with Crippen molar-refractivity contribution in [2.45, 2.75) is 38.1 Å². The van der Waals surface area contributed by atoms with E-state index in [1.165, 1.54) is 0 Å². The van der Waals surface area contributed by atoms with Gasteiger partial charge >= 0.3 is 0 Å². The molecule has 1 aromatic rings. The molecule has 2 heterocycles. The van der Waals surface area contributed by atoms with Crippen LogP contribution in [0.1, 0.15) is 37.3 Å². The van der Waals surface area contributed by atoms with Gasteiger partial charge in [0.2, 0.25) is 0 Å². The van der Waals surface area contributed by atoms with E-state index in [-0.39, 0.29) is 0 Å². The van der Waals surface area contributed by atoms with Crippen LogP contribution in [0.25, 0.3) is 0 Å². The highest BCUT2D eigenvalue weighted by Gasteiger charge is 2.21. The maximum absolute atomic E-state index is 5.76. The molecular formula is C12H20N2O2. The van der Waals surface area contributed by atoms with Crippen LogP contribution in [0.3, 0.4) is 0 Å². The number of rotatable bonds is 4. The van der Waals surface area contributed by atoms with Crippen LogP contribution < -0.4 is 5.32 Å². The van der Waals surface area contributed by atoms with Crippen molar-refractivity contribution in [3.8, 4) is 0 Å². The molecule has 1 aliphatic rings. The van der Waals surface area contributed by atoms with Crippen LogP contribution in [0.4, 0.5) is 0 Å². The van der Waals surface area contributed by atoms with Crippen molar-refractivity contribution < 1.29 is 9.15 Å². The summed E-state index contributed by atoms with van der Waals surface area (Å²) in [5.41, 5.74) is 0. The van der Waals surface area contributed by atoms with Crippen molar-refractivity contribution >= 4 is 0 Å². The predicted molar refractivity (Wildman–Crippen MR) is 61.5 cm³/mol. The van der Waals surface area contributed by atoms with Crippen LogP contribution in [0, 0.1) is 0 Å². The maximum Gasteiger partial charge on any atom is 0.199 e. The lowest BCUT2D eigenvalue weighted by atomic mass is 10.0. The van der Waals surface area contributed by atoms with Gasteiger partial charge < -0.3 is 14.5 Å². The van der Waals surface area contributed by atoms with E-state index in [1.54, 1.807) is 0 Å². The maximum atomic E-state index is 5.76. The summed E-state index contributed by atoms with van der Waals surface area (Å²) in [5.74, 6) is 2.16. The van der Waals surface area contributed by atoms with Crippen molar-refractivity contribution in [2.75, 3.05) is 20.3 Å². The van der Waals surface area contributed by atoms with Gasteiger partial charge in [-0.05, 0) is 26.8 Å². The lowest BCUT2D eigenvalue weighted by molar-refractivity contribution is 0.0721. The topological polar surface area (TPSA) is 47.3 Å². The van der Waals surface area contributed by atoms with Crippen LogP contribution in [0.2, 0.25) is 0 Å². The minimum atomic E-state index is 0.354. The molecule has 1 fully saturated rings. The van der Waals surface area contributed by atoms with E-state index in [1.807, 2.05) is 13.2 Å². The summed E-state index contributed by atoms with van der Waals surface area (Å²) in [7, 11) is 1.96. The summed E-state index contributed by atoms with van der Waals surface area (Å²) in [6, 6.07) is 0.420. The Morgan fingerprint density at radius 3 is 3.19 bits per heavy atom. The summed E-state index contributed by atoms with van der Waals surface area (Å²) >= 11 is 0. The van der Waals surface area contributed by atoms with Crippen molar-refractivity contribution in [1.29, 1.82) is 0 Å². The van der Waals surface area contributed by atoms with Crippen molar-refractivity contribution in [1.82, 2.24) is 10.3 Å². The molecule has 1 aromatic heterocycles. The van der Waals surface area contributed by atoms with Crippen LogP contribution in [-0.4, -0.2) is 31.3 Å². The Balaban J connectivity index is 1.95. The van der Waals surface area contributed by atoms with E-state index in [0.717, 1.165) is 44.1 Å². The average molecular weight is 224 g/mol. The van der Waals surface area contributed by atoms with Gasteiger partial charge in [-0.1, -0.05) is 0 Å². The van der Waals surface area contributed by atoms with Gasteiger partial charge in [0.15, 0.2) is 5.89 Å². The van der Waals surface area contributed by atoms with Crippen LogP contribution in [-0.2, 0) is 11.2 Å². The van der Waals surface area contributed by atoms with Gasteiger partial charge in [-0.15, -0.1) is 0 Å². The summed E-state index contributed by atoms with van der Waals surface area (Å²) in [4.78, 5) is 4.35. The SMILES string of the molecule is CNC(C)Cc1cnc(C2CCCOC2)o1. The molecule has 16 heavy (non-hydrogen) atoms. The lowest BCUT2D eigenvalue weighted by Crippen LogP contribution is -2.23. The second-order valence-electron chi connectivity index (χ2n) is 4.47. The third-order valence-corrected chi connectivity index (χ3v) is 3.08. The minimum Gasteiger partial charge on any atom is -0.445 e. The molecule has 0 aliphatic carbocycles. The van der Waals surface area contributed by atoms with E-state index in [2.05, 4.69) is 17.2 Å². The highest BCUT2D eigenvalue weighted by molar-refractivity contribution is 5.01. The monoisotopic (exact) mass is 224 g/mol. The number of oxazole rings is 1. The number of hydrogen-bond acceptors (Lipinski definition) is 4. The van der Waals surface area contributed by atoms with E-state index >= 15 is 0 Å². The van der Waals surface area contributed by atoms with E-state index in [4.69, 9.17) is 9.15 Å². The Morgan fingerprint density at radius 1 is 1.62 bits per heavy atom. The summed E-state index contributed by atoms with van der Waals surface area (Å²) < 4.78 is 11.2. The van der Waals surface area contributed by atoms with Gasteiger partial charge in [-0.2, -0.15) is 0 Å². The molecule has 0 amide bonds. The summed E-state index contributed by atoms with van der Waals surface area (Å²) in [5, 5.41) is 3.19. The first-order valence-electron chi connectivity index (χ1n) is 5.99. The van der Waals surface area contributed by atoms with Gasteiger partial charge in [-0.25, -0.2) is 4.98 Å². The minimum absolute atomic E-state index is 0.354. The second kappa shape index (κ2) is 5.46. The van der Waals surface area contributed by atoms with Crippen molar-refractivity contribution in [2.24, 2.45) is 0 Å². The highest BCUT2D eigenvalue weighted by Crippen LogP contribution is 2.25. The van der Waals surface area contributed by atoms with Gasteiger partial charge in [-0.3, -0.25) is 0 Å². The molecule has 2 atom stereocenters. The number of nitrogens with zero attached hydrogens (tertiary/aromatic N) is 1. The Labute approximate surface area is 96.4 Å². The lowest BCUT2D eigenvalue weighted by Gasteiger charge is -2.18. The van der Waals surface area contributed by atoms with Crippen molar-refractivity contribution in [3.05, 3.63) is 17.8 Å². The average Bonchev–Trinajstić information content (AvgIpc) is 2.78. The van der Waals surface area contributed by atoms with E-state index in [0.29, 0.717) is 12.0 Å². The first-order valence-corrected chi connectivity index (χ1v) is 5.99. The molecule has 90 valence electrons. The van der Waals surface area contributed by atoms with Crippen LogP contribution >= 0.6 is 0 Å². The van der Waals surface area contributed by atoms with Gasteiger partial charge in [0, 0.05) is 19.1 Å². The number of aromatic nitrogens is 1. The van der Waals surface area contributed by atoms with Gasteiger partial charge in [0.05, 0.1) is 18.7 Å². The molecule has 2 unspecified atom stereocenters. The molecule has 1 N–H and O–H groups in total. The van der Waals surface area contributed by atoms with Crippen molar-refractivity contribution in [3.63, 3.8) is 0 Å². The first-order chi connectivity index (χ1) is 7.79. The zero-order valence-electron chi connectivity index (χ0n) is 10.0. The molecule has 2 rings (SSSR count). The smallest absolute Gasteiger partial charge is 0.199 e. The molecule has 1 aliphatic heterocycles. The zero-order chi connectivity index (χ0) is 11.4. The fourth-order valence-corrected chi connectivity index (χ4v) is 1.95. The molecule has 0 saturated carbocycles. The molecule has 4 heteroatoms. The standard InChI is InChI=1S/C12H20N2O2/c1-9(13-2)6-11-7-14-12(16-11)10-4-3-5-15-8-10/h7,9-10,13H,3-6,8H2,1-2H3. The molecule has 1 saturated heterocycles. The third-order valence-electron chi connectivity index (χ3n) is 3.08. The van der Waals surface area contributed by atoms with Crippen LogP contribution in [0.15, 0.2) is 10.6 Å². The normalized spacial score (nSPS) is 23.2. The largest absolute Gasteiger partial charge is 0.445 e. The number of likely N-dealkylation sites (N-methyl/N-ethyl adjacent to an activating group) is 1. The fraction of sp³-hybridized carbons (Fsp3) is 0.750. The van der Waals surface area contributed by atoms with Gasteiger partial charge in [0.1, 0.15) is 5.76 Å². The molecule has 0 spiro atoms. The third kappa shape index (κ3) is 2.83. The Bertz CT molecular complexity index is 319.